The number of hydrogen-bond donors (Lipinski definition) is 3. The number of carbonyl (C=O) groups excluding carboxylic acids is 2. The lowest BCUT2D eigenvalue weighted by molar-refractivity contribution is -0.187. The molecule has 0 rings (SSSR count). The Hall–Kier alpha value is -1.31. The predicted molar refractivity (Wildman–Crippen MR) is 59.6 cm³/mol. The van der Waals surface area contributed by atoms with Crippen molar-refractivity contribution in [2.75, 3.05) is 6.54 Å². The van der Waals surface area contributed by atoms with Crippen molar-refractivity contribution in [3.05, 3.63) is 0 Å². The van der Waals surface area contributed by atoms with Gasteiger partial charge in [0.05, 0.1) is 6.54 Å². The zero-order valence-electron chi connectivity index (χ0n) is 10.7. The Morgan fingerprint density at radius 1 is 1.11 bits per heavy atom. The molecule has 0 aliphatic carbocycles. The lowest BCUT2D eigenvalue weighted by Gasteiger charge is -2.26. The van der Waals surface area contributed by atoms with E-state index in [1.807, 2.05) is 5.32 Å². The second kappa shape index (κ2) is 5.13. The van der Waals surface area contributed by atoms with Crippen LogP contribution in [0.5, 0.6) is 0 Å². The summed E-state index contributed by atoms with van der Waals surface area (Å²) in [5.74, 6) is -2.03. The van der Waals surface area contributed by atoms with Crippen LogP contribution in [0, 0.1) is 0 Å². The molecule has 0 aromatic carbocycles. The van der Waals surface area contributed by atoms with Crippen molar-refractivity contribution in [3.8, 4) is 0 Å². The fraction of sp³-hybridized carbons (Fsp3) is 0.800. The summed E-state index contributed by atoms with van der Waals surface area (Å²) in [4.78, 5) is 22.5. The number of hydrogen-bond acceptors (Lipinski definition) is 3. The Bertz CT molecular complexity index is 332. The second-order valence-corrected chi connectivity index (χ2v) is 5.18. The molecule has 18 heavy (non-hydrogen) atoms. The van der Waals surface area contributed by atoms with Crippen molar-refractivity contribution in [2.45, 2.75) is 44.9 Å². The molecule has 1 unspecified atom stereocenters. The van der Waals surface area contributed by atoms with Gasteiger partial charge in [0, 0.05) is 5.54 Å². The van der Waals surface area contributed by atoms with E-state index in [0.717, 1.165) is 0 Å². The molecule has 0 aliphatic heterocycles. The first-order chi connectivity index (χ1) is 7.77. The van der Waals surface area contributed by atoms with Crippen molar-refractivity contribution < 1.29 is 22.8 Å². The molecule has 0 bridgehead atoms. The lowest BCUT2D eigenvalue weighted by Crippen LogP contribution is -2.62. The minimum Gasteiger partial charge on any atom is -0.350 e. The van der Waals surface area contributed by atoms with E-state index >= 15 is 0 Å². The van der Waals surface area contributed by atoms with E-state index in [1.165, 1.54) is 0 Å². The van der Waals surface area contributed by atoms with Gasteiger partial charge in [0.25, 0.3) is 0 Å². The Balaban J connectivity index is 4.41. The Morgan fingerprint density at radius 3 is 1.89 bits per heavy atom. The van der Waals surface area contributed by atoms with E-state index in [4.69, 9.17) is 5.73 Å². The Labute approximate surface area is 103 Å². The number of carbonyl (C=O) groups is 2. The zero-order valence-corrected chi connectivity index (χ0v) is 10.7. The Kier molecular flexibility index (Phi) is 4.76. The van der Waals surface area contributed by atoms with Gasteiger partial charge in [0.15, 0.2) is 5.54 Å². The summed E-state index contributed by atoms with van der Waals surface area (Å²) in [6, 6.07) is 0. The first kappa shape index (κ1) is 16.7. The SMILES string of the molecule is CC(C)(C)NC(=O)CNC(=O)C(C)(N)C(F)(F)F. The molecule has 2 amide bonds. The van der Waals surface area contributed by atoms with Crippen molar-refractivity contribution in [2.24, 2.45) is 5.73 Å². The third-order valence-electron chi connectivity index (χ3n) is 1.98. The van der Waals surface area contributed by atoms with E-state index in [2.05, 4.69) is 5.32 Å². The molecular formula is C10H18F3N3O2. The van der Waals surface area contributed by atoms with Crippen LogP contribution >= 0.6 is 0 Å². The summed E-state index contributed by atoms with van der Waals surface area (Å²) in [5.41, 5.74) is 1.33. The first-order valence-corrected chi connectivity index (χ1v) is 5.22. The molecule has 4 N–H and O–H groups in total. The molecule has 5 nitrogen and oxygen atoms in total. The highest BCUT2D eigenvalue weighted by atomic mass is 19.4. The highest BCUT2D eigenvalue weighted by molar-refractivity contribution is 5.90. The maximum Gasteiger partial charge on any atom is 0.415 e. The van der Waals surface area contributed by atoms with Gasteiger partial charge in [-0.1, -0.05) is 0 Å². The van der Waals surface area contributed by atoms with Crippen LogP contribution in [-0.2, 0) is 9.59 Å². The van der Waals surface area contributed by atoms with Gasteiger partial charge >= 0.3 is 6.18 Å². The molecule has 0 saturated heterocycles. The Morgan fingerprint density at radius 2 is 1.56 bits per heavy atom. The predicted octanol–water partition coefficient (Wildman–Crippen LogP) is 0.297. The first-order valence-electron chi connectivity index (χ1n) is 5.22. The van der Waals surface area contributed by atoms with Gasteiger partial charge in [-0.2, -0.15) is 13.2 Å². The number of nitrogens with two attached hydrogens (primary N) is 1. The van der Waals surface area contributed by atoms with Gasteiger partial charge in [-0.3, -0.25) is 9.59 Å². The molecule has 0 fully saturated rings. The number of amides is 2. The summed E-state index contributed by atoms with van der Waals surface area (Å²) in [7, 11) is 0. The van der Waals surface area contributed by atoms with Crippen molar-refractivity contribution in [1.29, 1.82) is 0 Å². The van der Waals surface area contributed by atoms with Gasteiger partial charge in [0.2, 0.25) is 11.8 Å². The molecule has 0 aromatic rings. The lowest BCUT2D eigenvalue weighted by atomic mass is 10.0. The van der Waals surface area contributed by atoms with Crippen molar-refractivity contribution in [1.82, 2.24) is 10.6 Å². The molecule has 106 valence electrons. The highest BCUT2D eigenvalue weighted by Crippen LogP contribution is 2.27. The van der Waals surface area contributed by atoms with Crippen LogP contribution in [0.3, 0.4) is 0 Å². The number of rotatable bonds is 3. The van der Waals surface area contributed by atoms with Crippen molar-refractivity contribution in [3.63, 3.8) is 0 Å². The molecule has 8 heteroatoms. The molecule has 0 spiro atoms. The van der Waals surface area contributed by atoms with Gasteiger partial charge in [-0.25, -0.2) is 0 Å². The van der Waals surface area contributed by atoms with Crippen LogP contribution in [0.4, 0.5) is 13.2 Å². The molecule has 0 saturated carbocycles. The van der Waals surface area contributed by atoms with Gasteiger partial charge in [-0.05, 0) is 27.7 Å². The summed E-state index contributed by atoms with van der Waals surface area (Å²) in [6.45, 7) is 5.10. The largest absolute Gasteiger partial charge is 0.415 e. The van der Waals surface area contributed by atoms with Crippen molar-refractivity contribution >= 4 is 11.8 Å². The van der Waals surface area contributed by atoms with E-state index in [9.17, 15) is 22.8 Å². The van der Waals surface area contributed by atoms with Crippen LogP contribution < -0.4 is 16.4 Å². The molecular weight excluding hydrogens is 251 g/mol. The van der Waals surface area contributed by atoms with Gasteiger partial charge < -0.3 is 16.4 Å². The zero-order chi connectivity index (χ0) is 14.8. The number of nitrogens with one attached hydrogen (secondary N) is 2. The van der Waals surface area contributed by atoms with E-state index in [0.29, 0.717) is 6.92 Å². The standard InChI is InChI=1S/C10H18F3N3O2/c1-8(2,3)16-6(17)5-15-7(18)9(4,14)10(11,12)13/h5,14H2,1-4H3,(H,15,18)(H,16,17). The molecule has 0 radical (unpaired) electrons. The molecule has 0 aromatic heterocycles. The van der Waals surface area contributed by atoms with E-state index < -0.39 is 35.6 Å². The summed E-state index contributed by atoms with van der Waals surface area (Å²) >= 11 is 0. The summed E-state index contributed by atoms with van der Waals surface area (Å²) in [5, 5.41) is 4.34. The highest BCUT2D eigenvalue weighted by Gasteiger charge is 2.53. The minimum absolute atomic E-state index is 0.530. The molecule has 0 aliphatic rings. The number of halogens is 3. The van der Waals surface area contributed by atoms with Gasteiger partial charge in [0.1, 0.15) is 0 Å². The fourth-order valence-electron chi connectivity index (χ4n) is 0.935. The summed E-state index contributed by atoms with van der Waals surface area (Å²) < 4.78 is 37.2. The van der Waals surface area contributed by atoms with Gasteiger partial charge in [-0.15, -0.1) is 0 Å². The third kappa shape index (κ3) is 4.91. The maximum absolute atomic E-state index is 12.4. The maximum atomic E-state index is 12.4. The van der Waals surface area contributed by atoms with Crippen LogP contribution in [0.15, 0.2) is 0 Å². The summed E-state index contributed by atoms with van der Waals surface area (Å²) in [6.07, 6.45) is -4.88. The number of alkyl halides is 3. The van der Waals surface area contributed by atoms with E-state index in [-0.39, 0.29) is 0 Å². The minimum atomic E-state index is -4.88. The second-order valence-electron chi connectivity index (χ2n) is 5.18. The van der Waals surface area contributed by atoms with Crippen LogP contribution in [0.1, 0.15) is 27.7 Å². The fourth-order valence-corrected chi connectivity index (χ4v) is 0.935. The van der Waals surface area contributed by atoms with Crippen LogP contribution in [0.2, 0.25) is 0 Å². The average Bonchev–Trinajstić information content (AvgIpc) is 2.09. The van der Waals surface area contributed by atoms with Crippen LogP contribution in [0.25, 0.3) is 0 Å². The van der Waals surface area contributed by atoms with E-state index in [1.54, 1.807) is 20.8 Å². The average molecular weight is 269 g/mol. The molecule has 1 atom stereocenters. The third-order valence-corrected chi connectivity index (χ3v) is 1.98. The smallest absolute Gasteiger partial charge is 0.350 e. The molecule has 0 heterocycles. The topological polar surface area (TPSA) is 84.2 Å². The normalized spacial score (nSPS) is 15.8. The van der Waals surface area contributed by atoms with Crippen LogP contribution in [-0.4, -0.2) is 35.6 Å². The monoisotopic (exact) mass is 269 g/mol. The quantitative estimate of drug-likeness (QED) is 0.689.